The van der Waals surface area contributed by atoms with Crippen LogP contribution in [0.4, 0.5) is 5.69 Å². The van der Waals surface area contributed by atoms with Crippen molar-refractivity contribution in [2.75, 3.05) is 18.4 Å². The van der Waals surface area contributed by atoms with Crippen molar-refractivity contribution in [2.24, 2.45) is 0 Å². The predicted molar refractivity (Wildman–Crippen MR) is 104 cm³/mol. The van der Waals surface area contributed by atoms with Crippen molar-refractivity contribution in [3.8, 4) is 11.1 Å². The van der Waals surface area contributed by atoms with Gasteiger partial charge in [0, 0.05) is 22.7 Å². The topological polar surface area (TPSA) is 24.1 Å². The van der Waals surface area contributed by atoms with Gasteiger partial charge in [-0.15, -0.1) is 24.8 Å². The van der Waals surface area contributed by atoms with Gasteiger partial charge in [0.25, 0.3) is 0 Å². The lowest BCUT2D eigenvalue weighted by atomic mass is 9.86. The maximum atomic E-state index is 6.18. The van der Waals surface area contributed by atoms with Crippen molar-refractivity contribution in [3.63, 3.8) is 0 Å². The summed E-state index contributed by atoms with van der Waals surface area (Å²) in [6.45, 7) is 2.21. The average molecular weight is 372 g/mol. The summed E-state index contributed by atoms with van der Waals surface area (Å²) in [4.78, 5) is 0. The summed E-state index contributed by atoms with van der Waals surface area (Å²) in [5.41, 5.74) is 5.34. The molecule has 2 aliphatic rings. The first-order chi connectivity index (χ1) is 10.3. The number of nitrogens with one attached hydrogen (secondary N) is 2. The highest BCUT2D eigenvalue weighted by atomic mass is 35.5. The van der Waals surface area contributed by atoms with E-state index >= 15 is 0 Å². The van der Waals surface area contributed by atoms with E-state index in [1.165, 1.54) is 35.2 Å². The van der Waals surface area contributed by atoms with Crippen LogP contribution in [0.15, 0.2) is 42.5 Å². The second-order valence-corrected chi connectivity index (χ2v) is 6.40. The summed E-state index contributed by atoms with van der Waals surface area (Å²) in [6.07, 6.45) is 2.39. The third kappa shape index (κ3) is 3.46. The van der Waals surface area contributed by atoms with Gasteiger partial charge in [0.1, 0.15) is 0 Å². The van der Waals surface area contributed by atoms with Crippen molar-refractivity contribution < 1.29 is 0 Å². The van der Waals surface area contributed by atoms with Crippen LogP contribution in [0.1, 0.15) is 24.3 Å². The molecule has 2 atom stereocenters. The van der Waals surface area contributed by atoms with Crippen molar-refractivity contribution in [1.29, 1.82) is 0 Å². The Bertz CT molecular complexity index is 675. The minimum absolute atomic E-state index is 0. The maximum absolute atomic E-state index is 6.18. The summed E-state index contributed by atoms with van der Waals surface area (Å²) in [6, 6.07) is 15.3. The molecule has 0 radical (unpaired) electrons. The van der Waals surface area contributed by atoms with E-state index in [1.54, 1.807) is 0 Å². The van der Waals surface area contributed by atoms with Crippen LogP contribution in [0.25, 0.3) is 11.1 Å². The fourth-order valence-electron chi connectivity index (χ4n) is 3.76. The van der Waals surface area contributed by atoms with Crippen molar-refractivity contribution in [2.45, 2.75) is 24.8 Å². The first-order valence-corrected chi connectivity index (χ1v) is 8.07. The van der Waals surface area contributed by atoms with Crippen LogP contribution in [-0.4, -0.2) is 19.1 Å². The zero-order valence-electron chi connectivity index (χ0n) is 12.7. The molecule has 2 nitrogen and oxygen atoms in total. The minimum atomic E-state index is 0. The Morgan fingerprint density at radius 1 is 0.957 bits per heavy atom. The molecule has 2 aliphatic heterocycles. The van der Waals surface area contributed by atoms with Gasteiger partial charge >= 0.3 is 0 Å². The molecule has 23 heavy (non-hydrogen) atoms. The lowest BCUT2D eigenvalue weighted by Crippen LogP contribution is -2.21. The molecule has 0 unspecified atom stereocenters. The maximum Gasteiger partial charge on any atom is 0.0412 e. The largest absolute Gasteiger partial charge is 0.381 e. The molecule has 2 N–H and O–H groups in total. The quantitative estimate of drug-likeness (QED) is 0.727. The Morgan fingerprint density at radius 3 is 2.57 bits per heavy atom. The van der Waals surface area contributed by atoms with Gasteiger partial charge < -0.3 is 10.6 Å². The molecule has 2 heterocycles. The standard InChI is InChI=1S/C18H19ClN2.2ClH/c19-13-4-1-3-12(11-13)14-5-2-6-17-18(14)15-7-9-20-10-8-16(15)21-17;;/h1-6,11,15-16,20-21H,7-10H2;2*1H/t15-,16+;;/m1../s1. The van der Waals surface area contributed by atoms with Gasteiger partial charge in [0.15, 0.2) is 0 Å². The Morgan fingerprint density at radius 2 is 1.74 bits per heavy atom. The van der Waals surface area contributed by atoms with E-state index < -0.39 is 0 Å². The first kappa shape index (κ1) is 18.4. The van der Waals surface area contributed by atoms with E-state index in [0.29, 0.717) is 12.0 Å². The van der Waals surface area contributed by atoms with Gasteiger partial charge in [-0.05, 0) is 60.8 Å². The normalized spacial score (nSPS) is 21.8. The lowest BCUT2D eigenvalue weighted by Gasteiger charge is -2.18. The zero-order valence-corrected chi connectivity index (χ0v) is 15.1. The summed E-state index contributed by atoms with van der Waals surface area (Å²) in [5.74, 6) is 0.602. The Balaban J connectivity index is 0.000000960. The monoisotopic (exact) mass is 370 g/mol. The van der Waals surface area contributed by atoms with Gasteiger partial charge in [0.05, 0.1) is 0 Å². The van der Waals surface area contributed by atoms with Gasteiger partial charge in [-0.2, -0.15) is 0 Å². The van der Waals surface area contributed by atoms with Crippen LogP contribution in [0.2, 0.25) is 5.02 Å². The van der Waals surface area contributed by atoms with E-state index in [2.05, 4.69) is 41.0 Å². The van der Waals surface area contributed by atoms with Crippen LogP contribution in [0.3, 0.4) is 0 Å². The summed E-state index contributed by atoms with van der Waals surface area (Å²) in [5, 5.41) is 8.04. The van der Waals surface area contributed by atoms with Gasteiger partial charge in [-0.1, -0.05) is 35.9 Å². The molecule has 0 bridgehead atoms. The molecule has 0 spiro atoms. The molecule has 0 aliphatic carbocycles. The molecule has 0 amide bonds. The van der Waals surface area contributed by atoms with Gasteiger partial charge in [-0.3, -0.25) is 0 Å². The predicted octanol–water partition coefficient (Wildman–Crippen LogP) is 5.11. The van der Waals surface area contributed by atoms with Crippen LogP contribution < -0.4 is 10.6 Å². The zero-order chi connectivity index (χ0) is 14.2. The van der Waals surface area contributed by atoms with E-state index in [9.17, 15) is 0 Å². The smallest absolute Gasteiger partial charge is 0.0412 e. The molecule has 5 heteroatoms. The Kier molecular flexibility index (Phi) is 6.21. The summed E-state index contributed by atoms with van der Waals surface area (Å²) in [7, 11) is 0. The van der Waals surface area contributed by atoms with Crippen LogP contribution in [0, 0.1) is 0 Å². The Labute approximate surface area is 154 Å². The molecule has 4 rings (SSSR count). The van der Waals surface area contributed by atoms with E-state index in [4.69, 9.17) is 11.6 Å². The summed E-state index contributed by atoms with van der Waals surface area (Å²) < 4.78 is 0. The van der Waals surface area contributed by atoms with Crippen molar-refractivity contribution >= 4 is 42.1 Å². The number of benzene rings is 2. The highest BCUT2D eigenvalue weighted by Crippen LogP contribution is 2.45. The molecule has 2 aromatic carbocycles. The molecule has 2 aromatic rings. The number of hydrogen-bond acceptors (Lipinski definition) is 2. The third-order valence-electron chi connectivity index (χ3n) is 4.70. The number of halogens is 3. The number of fused-ring (bicyclic) bond motifs is 3. The molecular formula is C18H21Cl3N2. The molecule has 0 saturated carbocycles. The molecular weight excluding hydrogens is 351 g/mol. The first-order valence-electron chi connectivity index (χ1n) is 7.69. The SMILES string of the molecule is Cl.Cl.Clc1cccc(-c2cccc3c2[C@@H]2CCNCC[C@@H]2N3)c1. The minimum Gasteiger partial charge on any atom is -0.381 e. The summed E-state index contributed by atoms with van der Waals surface area (Å²) >= 11 is 6.18. The highest BCUT2D eigenvalue weighted by Gasteiger charge is 2.34. The van der Waals surface area contributed by atoms with E-state index in [0.717, 1.165) is 18.1 Å². The average Bonchev–Trinajstić information content (AvgIpc) is 2.69. The van der Waals surface area contributed by atoms with Crippen LogP contribution in [-0.2, 0) is 0 Å². The second kappa shape index (κ2) is 7.76. The van der Waals surface area contributed by atoms with Crippen molar-refractivity contribution in [1.82, 2.24) is 5.32 Å². The molecule has 0 aromatic heterocycles. The molecule has 1 fully saturated rings. The fraction of sp³-hybridized carbons (Fsp3) is 0.333. The second-order valence-electron chi connectivity index (χ2n) is 5.96. The lowest BCUT2D eigenvalue weighted by molar-refractivity contribution is 0.579. The highest BCUT2D eigenvalue weighted by molar-refractivity contribution is 6.30. The van der Waals surface area contributed by atoms with E-state index in [-0.39, 0.29) is 24.8 Å². The third-order valence-corrected chi connectivity index (χ3v) is 4.94. The van der Waals surface area contributed by atoms with Crippen molar-refractivity contribution in [3.05, 3.63) is 53.1 Å². The Hall–Kier alpha value is -0.930. The number of rotatable bonds is 1. The van der Waals surface area contributed by atoms with Gasteiger partial charge in [-0.25, -0.2) is 0 Å². The number of anilines is 1. The van der Waals surface area contributed by atoms with E-state index in [1.807, 2.05) is 12.1 Å². The van der Waals surface area contributed by atoms with Gasteiger partial charge in [0.2, 0.25) is 0 Å². The molecule has 1 saturated heterocycles. The molecule has 124 valence electrons. The van der Waals surface area contributed by atoms with Crippen LogP contribution >= 0.6 is 36.4 Å². The van der Waals surface area contributed by atoms with Crippen LogP contribution in [0.5, 0.6) is 0 Å². The number of hydrogen-bond donors (Lipinski definition) is 2. The fourth-order valence-corrected chi connectivity index (χ4v) is 3.95.